The number of carbonyl (C=O) groups excluding carboxylic acids is 1. The van der Waals surface area contributed by atoms with Gasteiger partial charge in [-0.2, -0.15) is 0 Å². The lowest BCUT2D eigenvalue weighted by molar-refractivity contribution is -0.132. The van der Waals surface area contributed by atoms with Gasteiger partial charge in [-0.1, -0.05) is 37.3 Å². The van der Waals surface area contributed by atoms with Gasteiger partial charge in [0.2, 0.25) is 5.91 Å². The fraction of sp³-hybridized carbons (Fsp3) is 0.562. The van der Waals surface area contributed by atoms with Gasteiger partial charge in [-0.15, -0.1) is 0 Å². The largest absolute Gasteiger partial charge is 0.395 e. The molecule has 1 aliphatic rings. The summed E-state index contributed by atoms with van der Waals surface area (Å²) in [5.74, 6) is 0.577. The minimum atomic E-state index is 0.112. The van der Waals surface area contributed by atoms with E-state index in [2.05, 4.69) is 11.8 Å². The molecule has 2 rings (SSSR count). The summed E-state index contributed by atoms with van der Waals surface area (Å²) in [6, 6.07) is 10.1. The van der Waals surface area contributed by atoms with Gasteiger partial charge in [-0.3, -0.25) is 9.69 Å². The van der Waals surface area contributed by atoms with E-state index in [0.29, 0.717) is 19.0 Å². The smallest absolute Gasteiger partial charge is 0.236 e. The minimum absolute atomic E-state index is 0.112. The van der Waals surface area contributed by atoms with E-state index in [0.717, 1.165) is 18.5 Å². The molecule has 1 aromatic carbocycles. The molecule has 0 radical (unpaired) electrons. The van der Waals surface area contributed by atoms with Gasteiger partial charge in [0.05, 0.1) is 13.2 Å². The maximum absolute atomic E-state index is 12.3. The van der Waals surface area contributed by atoms with Crippen LogP contribution in [0.3, 0.4) is 0 Å². The molecule has 1 amide bonds. The summed E-state index contributed by atoms with van der Waals surface area (Å²) in [5, 5.41) is 9.43. The van der Waals surface area contributed by atoms with Gasteiger partial charge in [0.15, 0.2) is 0 Å². The van der Waals surface area contributed by atoms with Crippen LogP contribution in [-0.4, -0.2) is 53.6 Å². The first-order valence-corrected chi connectivity index (χ1v) is 7.24. The fourth-order valence-electron chi connectivity index (χ4n) is 2.82. The number of hydrogen-bond acceptors (Lipinski definition) is 3. The lowest BCUT2D eigenvalue weighted by Crippen LogP contribution is -2.42. The molecule has 1 heterocycles. The SMILES string of the molecule is CC1CCN(CC(=O)N(C)Cc2ccccc2)C1CO. The second-order valence-corrected chi connectivity index (χ2v) is 5.72. The van der Waals surface area contributed by atoms with Crippen molar-refractivity contribution in [3.8, 4) is 0 Å². The molecule has 1 saturated heterocycles. The number of likely N-dealkylation sites (N-methyl/N-ethyl adjacent to an activating group) is 1. The Morgan fingerprint density at radius 3 is 2.75 bits per heavy atom. The Hall–Kier alpha value is -1.39. The molecule has 2 atom stereocenters. The van der Waals surface area contributed by atoms with E-state index >= 15 is 0 Å². The zero-order chi connectivity index (χ0) is 14.5. The molecule has 1 N–H and O–H groups in total. The van der Waals surface area contributed by atoms with Crippen molar-refractivity contribution in [2.75, 3.05) is 26.7 Å². The fourth-order valence-corrected chi connectivity index (χ4v) is 2.82. The topological polar surface area (TPSA) is 43.8 Å². The van der Waals surface area contributed by atoms with E-state index in [4.69, 9.17) is 0 Å². The molecule has 1 fully saturated rings. The summed E-state index contributed by atoms with van der Waals surface area (Å²) < 4.78 is 0. The average Bonchev–Trinajstić information content (AvgIpc) is 2.80. The Bertz CT molecular complexity index is 435. The normalized spacial score (nSPS) is 22.9. The summed E-state index contributed by atoms with van der Waals surface area (Å²) in [6.45, 7) is 4.21. The average molecular weight is 276 g/mol. The van der Waals surface area contributed by atoms with Crippen LogP contribution in [0, 0.1) is 5.92 Å². The molecule has 2 unspecified atom stereocenters. The summed E-state index contributed by atoms with van der Waals surface area (Å²) >= 11 is 0. The maximum Gasteiger partial charge on any atom is 0.236 e. The lowest BCUT2D eigenvalue weighted by atomic mass is 10.0. The van der Waals surface area contributed by atoms with Crippen molar-refractivity contribution in [2.45, 2.75) is 25.9 Å². The molecule has 1 aromatic rings. The van der Waals surface area contributed by atoms with E-state index in [-0.39, 0.29) is 18.6 Å². The highest BCUT2D eigenvalue weighted by Crippen LogP contribution is 2.23. The molecule has 20 heavy (non-hydrogen) atoms. The Morgan fingerprint density at radius 2 is 2.10 bits per heavy atom. The van der Waals surface area contributed by atoms with Crippen molar-refractivity contribution in [3.05, 3.63) is 35.9 Å². The molecule has 0 aliphatic carbocycles. The molecular formula is C16H24N2O2. The quantitative estimate of drug-likeness (QED) is 0.883. The van der Waals surface area contributed by atoms with Gasteiger partial charge in [0, 0.05) is 19.6 Å². The first kappa shape index (κ1) is 15.0. The molecule has 4 heteroatoms. The molecule has 0 saturated carbocycles. The molecule has 0 aromatic heterocycles. The van der Waals surface area contributed by atoms with Crippen LogP contribution in [0.1, 0.15) is 18.9 Å². The Morgan fingerprint density at radius 1 is 1.40 bits per heavy atom. The molecule has 110 valence electrons. The predicted octanol–water partition coefficient (Wildman–Crippen LogP) is 1.35. The van der Waals surface area contributed by atoms with E-state index in [9.17, 15) is 9.90 Å². The van der Waals surface area contributed by atoms with Crippen LogP contribution >= 0.6 is 0 Å². The van der Waals surface area contributed by atoms with Crippen molar-refractivity contribution in [3.63, 3.8) is 0 Å². The Kier molecular flexibility index (Phi) is 5.15. The van der Waals surface area contributed by atoms with Crippen LogP contribution in [0.4, 0.5) is 0 Å². The summed E-state index contributed by atoms with van der Waals surface area (Å²) in [5.41, 5.74) is 1.14. The van der Waals surface area contributed by atoms with Crippen molar-refractivity contribution in [1.82, 2.24) is 9.80 Å². The molecule has 4 nitrogen and oxygen atoms in total. The first-order chi connectivity index (χ1) is 9.61. The third-order valence-electron chi connectivity index (χ3n) is 4.21. The summed E-state index contributed by atoms with van der Waals surface area (Å²) in [7, 11) is 1.84. The number of aliphatic hydroxyl groups is 1. The number of aliphatic hydroxyl groups excluding tert-OH is 1. The Labute approximate surface area is 121 Å². The summed E-state index contributed by atoms with van der Waals surface area (Å²) in [4.78, 5) is 16.1. The number of hydrogen-bond donors (Lipinski definition) is 1. The lowest BCUT2D eigenvalue weighted by Gasteiger charge is -2.27. The van der Waals surface area contributed by atoms with E-state index in [1.165, 1.54) is 0 Å². The van der Waals surface area contributed by atoms with Gasteiger partial charge in [0.1, 0.15) is 0 Å². The van der Waals surface area contributed by atoms with Gasteiger partial charge in [-0.05, 0) is 24.4 Å². The zero-order valence-corrected chi connectivity index (χ0v) is 12.3. The van der Waals surface area contributed by atoms with Gasteiger partial charge in [0.25, 0.3) is 0 Å². The third-order valence-corrected chi connectivity index (χ3v) is 4.21. The molecule has 1 aliphatic heterocycles. The minimum Gasteiger partial charge on any atom is -0.395 e. The van der Waals surface area contributed by atoms with Crippen LogP contribution in [0.5, 0.6) is 0 Å². The molecule has 0 bridgehead atoms. The van der Waals surface area contributed by atoms with E-state index in [1.807, 2.05) is 37.4 Å². The van der Waals surface area contributed by atoms with Crippen molar-refractivity contribution in [2.24, 2.45) is 5.92 Å². The maximum atomic E-state index is 12.3. The van der Waals surface area contributed by atoms with Crippen LogP contribution < -0.4 is 0 Å². The highest BCUT2D eigenvalue weighted by atomic mass is 16.3. The summed E-state index contributed by atoms with van der Waals surface area (Å²) in [6.07, 6.45) is 1.06. The molecular weight excluding hydrogens is 252 g/mol. The highest BCUT2D eigenvalue weighted by Gasteiger charge is 2.32. The second kappa shape index (κ2) is 6.86. The third kappa shape index (κ3) is 3.58. The van der Waals surface area contributed by atoms with Crippen molar-refractivity contribution in [1.29, 1.82) is 0 Å². The number of amides is 1. The Balaban J connectivity index is 1.88. The number of carbonyl (C=O) groups is 1. The highest BCUT2D eigenvalue weighted by molar-refractivity contribution is 5.78. The van der Waals surface area contributed by atoms with Crippen LogP contribution in [-0.2, 0) is 11.3 Å². The number of likely N-dealkylation sites (tertiary alicyclic amines) is 1. The van der Waals surface area contributed by atoms with Crippen LogP contribution in [0.25, 0.3) is 0 Å². The monoisotopic (exact) mass is 276 g/mol. The van der Waals surface area contributed by atoms with Crippen LogP contribution in [0.15, 0.2) is 30.3 Å². The van der Waals surface area contributed by atoms with Gasteiger partial charge >= 0.3 is 0 Å². The number of benzene rings is 1. The number of rotatable bonds is 5. The second-order valence-electron chi connectivity index (χ2n) is 5.72. The van der Waals surface area contributed by atoms with Crippen molar-refractivity contribution >= 4 is 5.91 Å². The van der Waals surface area contributed by atoms with E-state index < -0.39 is 0 Å². The van der Waals surface area contributed by atoms with Crippen LogP contribution in [0.2, 0.25) is 0 Å². The first-order valence-electron chi connectivity index (χ1n) is 7.24. The van der Waals surface area contributed by atoms with E-state index in [1.54, 1.807) is 4.90 Å². The van der Waals surface area contributed by atoms with Gasteiger partial charge in [-0.25, -0.2) is 0 Å². The number of nitrogens with zero attached hydrogens (tertiary/aromatic N) is 2. The van der Waals surface area contributed by atoms with Crippen molar-refractivity contribution < 1.29 is 9.90 Å². The zero-order valence-electron chi connectivity index (χ0n) is 12.3. The standard InChI is InChI=1S/C16H24N2O2/c1-13-8-9-18(15(13)12-19)11-16(20)17(2)10-14-6-4-3-5-7-14/h3-7,13,15,19H,8-12H2,1-2H3. The van der Waals surface area contributed by atoms with Gasteiger partial charge < -0.3 is 10.0 Å². The predicted molar refractivity (Wildman–Crippen MR) is 79.1 cm³/mol. The molecule has 0 spiro atoms.